The predicted octanol–water partition coefficient (Wildman–Crippen LogP) is 0.618. The van der Waals surface area contributed by atoms with Gasteiger partial charge in [0, 0.05) is 23.5 Å². The zero-order chi connectivity index (χ0) is 8.55. The van der Waals surface area contributed by atoms with E-state index < -0.39 is 6.04 Å². The summed E-state index contributed by atoms with van der Waals surface area (Å²) in [5.41, 5.74) is 7.05. The number of aromatic nitrogens is 1. The molecule has 3 heteroatoms. The van der Waals surface area contributed by atoms with Gasteiger partial charge in [-0.1, -0.05) is 12.2 Å². The molecule has 1 atom stereocenters. The molecule has 0 spiro atoms. The molecule has 0 fully saturated rings. The van der Waals surface area contributed by atoms with Gasteiger partial charge in [0.15, 0.2) is 5.78 Å². The molecule has 0 aromatic carbocycles. The third kappa shape index (κ3) is 0.950. The number of nitrogens with zero attached hydrogens (tertiary/aromatic N) is 1. The van der Waals surface area contributed by atoms with Gasteiger partial charge in [0.2, 0.25) is 0 Å². The maximum absolute atomic E-state index is 11.4. The van der Waals surface area contributed by atoms with Crippen LogP contribution in [0.15, 0.2) is 24.5 Å². The minimum Gasteiger partial charge on any atom is -0.318 e. The molecule has 0 radical (unpaired) electrons. The molecular weight excluding hydrogens is 152 g/mol. The molecule has 1 aromatic rings. The molecule has 3 nitrogen and oxygen atoms in total. The third-order valence-electron chi connectivity index (χ3n) is 1.90. The largest absolute Gasteiger partial charge is 0.318 e. The van der Waals surface area contributed by atoms with Crippen LogP contribution in [0.25, 0.3) is 6.08 Å². The van der Waals surface area contributed by atoms with E-state index in [0.29, 0.717) is 5.56 Å². The van der Waals surface area contributed by atoms with Gasteiger partial charge >= 0.3 is 0 Å². The van der Waals surface area contributed by atoms with Crippen molar-refractivity contribution in [2.45, 2.75) is 6.04 Å². The van der Waals surface area contributed by atoms with Crippen LogP contribution < -0.4 is 5.73 Å². The van der Waals surface area contributed by atoms with E-state index in [0.717, 1.165) is 5.56 Å². The molecule has 60 valence electrons. The van der Waals surface area contributed by atoms with Gasteiger partial charge in [0.1, 0.15) is 0 Å². The summed E-state index contributed by atoms with van der Waals surface area (Å²) in [5.74, 6) is -0.0325. The van der Waals surface area contributed by atoms with Gasteiger partial charge in [-0.05, 0) is 6.07 Å². The highest BCUT2D eigenvalue weighted by molar-refractivity contribution is 6.06. The molecule has 1 unspecified atom stereocenters. The topological polar surface area (TPSA) is 56.0 Å². The van der Waals surface area contributed by atoms with E-state index >= 15 is 0 Å². The van der Waals surface area contributed by atoms with E-state index in [-0.39, 0.29) is 5.78 Å². The lowest BCUT2D eigenvalue weighted by Gasteiger charge is -2.12. The second-order valence-electron chi connectivity index (χ2n) is 2.71. The first-order chi connectivity index (χ1) is 5.79. The SMILES string of the molecule is NC1C=Cc2cnccc2C1=O. The number of hydrogen-bond acceptors (Lipinski definition) is 3. The van der Waals surface area contributed by atoms with E-state index in [4.69, 9.17) is 5.73 Å². The number of ketones is 1. The fourth-order valence-electron chi connectivity index (χ4n) is 1.24. The van der Waals surface area contributed by atoms with Gasteiger partial charge in [0.25, 0.3) is 0 Å². The minimum atomic E-state index is -0.486. The highest BCUT2D eigenvalue weighted by atomic mass is 16.1. The van der Waals surface area contributed by atoms with Gasteiger partial charge in [-0.15, -0.1) is 0 Å². The number of carbonyl (C=O) groups is 1. The lowest BCUT2D eigenvalue weighted by Crippen LogP contribution is -2.30. The predicted molar refractivity (Wildman–Crippen MR) is 45.6 cm³/mol. The van der Waals surface area contributed by atoms with Crippen molar-refractivity contribution in [2.24, 2.45) is 5.73 Å². The Bertz CT molecular complexity index is 357. The Morgan fingerprint density at radius 2 is 2.33 bits per heavy atom. The summed E-state index contributed by atoms with van der Waals surface area (Å²) in [5, 5.41) is 0. The molecule has 1 heterocycles. The number of hydrogen-bond donors (Lipinski definition) is 1. The fourth-order valence-corrected chi connectivity index (χ4v) is 1.24. The van der Waals surface area contributed by atoms with Crippen molar-refractivity contribution < 1.29 is 4.79 Å². The standard InChI is InChI=1S/C9H8N2O/c10-8-2-1-6-5-11-4-3-7(6)9(8)12/h1-5,8H,10H2. The van der Waals surface area contributed by atoms with Crippen LogP contribution in [-0.4, -0.2) is 16.8 Å². The molecular formula is C9H8N2O. The van der Waals surface area contributed by atoms with Crippen LogP contribution in [0.4, 0.5) is 0 Å². The summed E-state index contributed by atoms with van der Waals surface area (Å²) in [7, 11) is 0. The smallest absolute Gasteiger partial charge is 0.184 e. The Labute approximate surface area is 69.9 Å². The van der Waals surface area contributed by atoms with Gasteiger partial charge < -0.3 is 5.73 Å². The molecule has 12 heavy (non-hydrogen) atoms. The summed E-state index contributed by atoms with van der Waals surface area (Å²) >= 11 is 0. The number of rotatable bonds is 0. The van der Waals surface area contributed by atoms with Gasteiger partial charge in [-0.25, -0.2) is 0 Å². The highest BCUT2D eigenvalue weighted by Crippen LogP contribution is 2.16. The van der Waals surface area contributed by atoms with Crippen LogP contribution >= 0.6 is 0 Å². The summed E-state index contributed by atoms with van der Waals surface area (Å²) in [6.07, 6.45) is 6.78. The van der Waals surface area contributed by atoms with Crippen molar-refractivity contribution in [2.75, 3.05) is 0 Å². The normalized spacial score (nSPS) is 20.8. The Morgan fingerprint density at radius 1 is 1.50 bits per heavy atom. The fraction of sp³-hybridized carbons (Fsp3) is 0.111. The van der Waals surface area contributed by atoms with Crippen LogP contribution in [0, 0.1) is 0 Å². The molecule has 0 bridgehead atoms. The summed E-state index contributed by atoms with van der Waals surface area (Å²) in [6, 6.07) is 1.21. The number of Topliss-reactive ketones (excluding diaryl/α,β-unsaturated/α-hetero) is 1. The van der Waals surface area contributed by atoms with Crippen LogP contribution in [0.1, 0.15) is 15.9 Å². The minimum absolute atomic E-state index is 0.0325. The molecule has 2 N–H and O–H groups in total. The molecule has 1 aromatic heterocycles. The van der Waals surface area contributed by atoms with Crippen molar-refractivity contribution in [3.8, 4) is 0 Å². The molecule has 0 amide bonds. The number of fused-ring (bicyclic) bond motifs is 1. The van der Waals surface area contributed by atoms with Crippen LogP contribution in [0.2, 0.25) is 0 Å². The Morgan fingerprint density at radius 3 is 3.17 bits per heavy atom. The van der Waals surface area contributed by atoms with Crippen LogP contribution in [-0.2, 0) is 0 Å². The second kappa shape index (κ2) is 2.53. The van der Waals surface area contributed by atoms with Crippen molar-refractivity contribution in [3.63, 3.8) is 0 Å². The Hall–Kier alpha value is -1.48. The number of carbonyl (C=O) groups excluding carboxylic acids is 1. The van der Waals surface area contributed by atoms with Crippen molar-refractivity contribution in [1.82, 2.24) is 4.98 Å². The van der Waals surface area contributed by atoms with Gasteiger partial charge in [-0.2, -0.15) is 0 Å². The van der Waals surface area contributed by atoms with Crippen molar-refractivity contribution in [1.29, 1.82) is 0 Å². The first kappa shape index (κ1) is 7.18. The molecule has 1 aliphatic carbocycles. The van der Waals surface area contributed by atoms with E-state index in [9.17, 15) is 4.79 Å². The van der Waals surface area contributed by atoms with E-state index in [1.54, 1.807) is 24.5 Å². The first-order valence-corrected chi connectivity index (χ1v) is 3.71. The maximum atomic E-state index is 11.4. The Balaban J connectivity index is 2.59. The van der Waals surface area contributed by atoms with E-state index in [1.165, 1.54) is 0 Å². The lowest BCUT2D eigenvalue weighted by molar-refractivity contribution is 0.0976. The first-order valence-electron chi connectivity index (χ1n) is 3.71. The van der Waals surface area contributed by atoms with Crippen LogP contribution in [0.5, 0.6) is 0 Å². The number of nitrogens with two attached hydrogens (primary N) is 1. The third-order valence-corrected chi connectivity index (χ3v) is 1.90. The average molecular weight is 160 g/mol. The van der Waals surface area contributed by atoms with E-state index in [2.05, 4.69) is 4.98 Å². The van der Waals surface area contributed by atoms with Gasteiger partial charge in [0.05, 0.1) is 6.04 Å². The van der Waals surface area contributed by atoms with Crippen LogP contribution in [0.3, 0.4) is 0 Å². The number of pyridine rings is 1. The molecule has 1 aliphatic rings. The van der Waals surface area contributed by atoms with E-state index in [1.807, 2.05) is 6.08 Å². The molecule has 0 saturated carbocycles. The quantitative estimate of drug-likeness (QED) is 0.605. The summed E-state index contributed by atoms with van der Waals surface area (Å²) in [6.45, 7) is 0. The van der Waals surface area contributed by atoms with Gasteiger partial charge in [-0.3, -0.25) is 9.78 Å². The van der Waals surface area contributed by atoms with Crippen molar-refractivity contribution in [3.05, 3.63) is 35.7 Å². The maximum Gasteiger partial charge on any atom is 0.184 e. The lowest BCUT2D eigenvalue weighted by atomic mass is 9.95. The van der Waals surface area contributed by atoms with Crippen molar-refractivity contribution >= 4 is 11.9 Å². The highest BCUT2D eigenvalue weighted by Gasteiger charge is 2.19. The molecule has 0 aliphatic heterocycles. The monoisotopic (exact) mass is 160 g/mol. The second-order valence-corrected chi connectivity index (χ2v) is 2.71. The summed E-state index contributed by atoms with van der Waals surface area (Å²) < 4.78 is 0. The zero-order valence-electron chi connectivity index (χ0n) is 6.40. The molecule has 0 saturated heterocycles. The summed E-state index contributed by atoms with van der Waals surface area (Å²) in [4.78, 5) is 15.3. The zero-order valence-corrected chi connectivity index (χ0v) is 6.40. The Kier molecular flexibility index (Phi) is 1.52. The average Bonchev–Trinajstić information content (AvgIpc) is 2.12. The molecule has 2 rings (SSSR count).